The van der Waals surface area contributed by atoms with Gasteiger partial charge in [-0.2, -0.15) is 4.39 Å². The molecule has 114 valence electrons. The molecule has 0 atom stereocenters. The first kappa shape index (κ1) is 16.6. The van der Waals surface area contributed by atoms with Crippen LogP contribution in [-0.2, 0) is 4.74 Å². The van der Waals surface area contributed by atoms with Crippen LogP contribution >= 0.6 is 0 Å². The Kier molecular flexibility index (Phi) is 5.40. The second-order valence-electron chi connectivity index (χ2n) is 5.22. The van der Waals surface area contributed by atoms with Crippen LogP contribution in [0.5, 0.6) is 0 Å². The molecule has 0 heterocycles. The highest BCUT2D eigenvalue weighted by atomic mass is 19.1. The first-order chi connectivity index (χ1) is 9.70. The van der Waals surface area contributed by atoms with Crippen LogP contribution in [0.15, 0.2) is 24.3 Å². The number of hydrogen-bond donors (Lipinski definition) is 1. The van der Waals surface area contributed by atoms with Gasteiger partial charge in [-0.15, -0.1) is 0 Å². The highest BCUT2D eigenvalue weighted by Gasteiger charge is 2.18. The van der Waals surface area contributed by atoms with E-state index in [1.165, 1.54) is 24.3 Å². The minimum atomic E-state index is -0.901. The van der Waals surface area contributed by atoms with Crippen LogP contribution in [0.25, 0.3) is 6.08 Å². The first-order valence-corrected chi connectivity index (χ1v) is 6.27. The normalized spacial score (nSPS) is 11.4. The molecule has 0 aliphatic carbocycles. The molecule has 0 radical (unpaired) electrons. The molecule has 1 aromatic carbocycles. The maximum absolute atomic E-state index is 13.4. The van der Waals surface area contributed by atoms with E-state index < -0.39 is 28.1 Å². The van der Waals surface area contributed by atoms with E-state index in [2.05, 4.69) is 5.32 Å². The molecule has 1 N–H and O–H groups in total. The summed E-state index contributed by atoms with van der Waals surface area (Å²) in [6.07, 6.45) is 2.26. The van der Waals surface area contributed by atoms with Gasteiger partial charge in [0.15, 0.2) is 0 Å². The van der Waals surface area contributed by atoms with Crippen molar-refractivity contribution in [1.29, 1.82) is 0 Å². The first-order valence-electron chi connectivity index (χ1n) is 6.27. The number of amides is 1. The Morgan fingerprint density at radius 2 is 2.14 bits per heavy atom. The van der Waals surface area contributed by atoms with E-state index >= 15 is 0 Å². The number of ether oxygens (including phenoxy) is 1. The van der Waals surface area contributed by atoms with Gasteiger partial charge in [-0.3, -0.25) is 10.1 Å². The van der Waals surface area contributed by atoms with Crippen LogP contribution in [0, 0.1) is 15.9 Å². The number of para-hydroxylation sites is 1. The van der Waals surface area contributed by atoms with Crippen molar-refractivity contribution < 1.29 is 18.8 Å². The molecule has 0 spiro atoms. The van der Waals surface area contributed by atoms with Crippen molar-refractivity contribution >= 4 is 17.9 Å². The van der Waals surface area contributed by atoms with Crippen LogP contribution in [0.1, 0.15) is 26.3 Å². The number of hydrogen-bond acceptors (Lipinski definition) is 4. The van der Waals surface area contributed by atoms with Crippen molar-refractivity contribution in [2.75, 3.05) is 6.54 Å². The standard InChI is InChI=1S/C14H17FN2O4/c1-14(2,3)21-13(18)16-9-5-7-10-6-4-8-11(15)12(10)17(19)20/h4-8H,9H2,1-3H3,(H,16,18). The number of nitro groups is 1. The summed E-state index contributed by atoms with van der Waals surface area (Å²) in [5.74, 6) is -0.901. The zero-order valence-electron chi connectivity index (χ0n) is 12.1. The molecule has 7 heteroatoms. The number of carbonyl (C=O) groups is 1. The number of nitro benzene ring substituents is 1. The number of halogens is 1. The molecule has 0 saturated carbocycles. The maximum Gasteiger partial charge on any atom is 0.407 e. The summed E-state index contributed by atoms with van der Waals surface area (Å²) in [7, 11) is 0. The Morgan fingerprint density at radius 1 is 1.48 bits per heavy atom. The molecule has 1 rings (SSSR count). The second-order valence-corrected chi connectivity index (χ2v) is 5.22. The van der Waals surface area contributed by atoms with Crippen LogP contribution in [-0.4, -0.2) is 23.2 Å². The topological polar surface area (TPSA) is 81.5 Å². The Balaban J connectivity index is 2.65. The third-order valence-electron chi connectivity index (χ3n) is 2.26. The predicted molar refractivity (Wildman–Crippen MR) is 76.3 cm³/mol. The molecule has 0 aliphatic rings. The lowest BCUT2D eigenvalue weighted by Crippen LogP contribution is -2.32. The average molecular weight is 296 g/mol. The fourth-order valence-electron chi connectivity index (χ4n) is 1.50. The zero-order valence-corrected chi connectivity index (χ0v) is 12.1. The molecule has 0 fully saturated rings. The number of rotatable bonds is 4. The van der Waals surface area contributed by atoms with Gasteiger partial charge in [-0.05, 0) is 32.9 Å². The highest BCUT2D eigenvalue weighted by molar-refractivity contribution is 5.68. The lowest BCUT2D eigenvalue weighted by atomic mass is 10.1. The quantitative estimate of drug-likeness (QED) is 0.683. The molecule has 0 saturated heterocycles. The van der Waals surface area contributed by atoms with Crippen molar-refractivity contribution in [1.82, 2.24) is 5.32 Å². The van der Waals surface area contributed by atoms with Crippen LogP contribution < -0.4 is 5.32 Å². The van der Waals surface area contributed by atoms with Gasteiger partial charge in [0.1, 0.15) is 5.60 Å². The van der Waals surface area contributed by atoms with Crippen molar-refractivity contribution in [2.24, 2.45) is 0 Å². The van der Waals surface area contributed by atoms with Crippen molar-refractivity contribution in [3.8, 4) is 0 Å². The van der Waals surface area contributed by atoms with Crippen molar-refractivity contribution in [2.45, 2.75) is 26.4 Å². The Bertz CT molecular complexity index is 565. The van der Waals surface area contributed by atoms with Gasteiger partial charge in [-0.1, -0.05) is 18.2 Å². The Hall–Kier alpha value is -2.44. The van der Waals surface area contributed by atoms with Gasteiger partial charge in [0.2, 0.25) is 5.82 Å². The third-order valence-corrected chi connectivity index (χ3v) is 2.26. The van der Waals surface area contributed by atoms with E-state index in [-0.39, 0.29) is 12.1 Å². The summed E-state index contributed by atoms with van der Waals surface area (Å²) in [6.45, 7) is 5.32. The molecule has 0 aromatic heterocycles. The summed E-state index contributed by atoms with van der Waals surface area (Å²) in [5, 5.41) is 13.2. The molecule has 0 unspecified atom stereocenters. The van der Waals surface area contributed by atoms with Gasteiger partial charge in [0.25, 0.3) is 0 Å². The maximum atomic E-state index is 13.4. The van der Waals surface area contributed by atoms with Crippen molar-refractivity contribution in [3.63, 3.8) is 0 Å². The molecular formula is C14H17FN2O4. The van der Waals surface area contributed by atoms with Crippen LogP contribution in [0.2, 0.25) is 0 Å². The van der Waals surface area contributed by atoms with Gasteiger partial charge in [0, 0.05) is 6.54 Å². The Morgan fingerprint density at radius 3 is 2.71 bits per heavy atom. The average Bonchev–Trinajstić information content (AvgIpc) is 2.32. The zero-order chi connectivity index (χ0) is 16.0. The summed E-state index contributed by atoms with van der Waals surface area (Å²) >= 11 is 0. The van der Waals surface area contributed by atoms with E-state index in [0.717, 1.165) is 6.07 Å². The SMILES string of the molecule is CC(C)(C)OC(=O)NCC=Cc1cccc(F)c1[N+](=O)[O-]. The fraction of sp³-hybridized carbons (Fsp3) is 0.357. The number of alkyl carbamates (subject to hydrolysis) is 1. The van der Waals surface area contributed by atoms with E-state index in [0.29, 0.717) is 0 Å². The minimum absolute atomic E-state index is 0.114. The highest BCUT2D eigenvalue weighted by Crippen LogP contribution is 2.23. The lowest BCUT2D eigenvalue weighted by Gasteiger charge is -2.19. The minimum Gasteiger partial charge on any atom is -0.444 e. The van der Waals surface area contributed by atoms with Gasteiger partial charge in [-0.25, -0.2) is 4.79 Å². The molecule has 0 aliphatic heterocycles. The summed E-state index contributed by atoms with van der Waals surface area (Å²) in [4.78, 5) is 21.4. The number of benzene rings is 1. The summed E-state index contributed by atoms with van der Waals surface area (Å²) in [6, 6.07) is 3.82. The molecule has 21 heavy (non-hydrogen) atoms. The van der Waals surface area contributed by atoms with E-state index in [9.17, 15) is 19.3 Å². The number of nitrogens with zero attached hydrogens (tertiary/aromatic N) is 1. The molecule has 1 aromatic rings. The molecular weight excluding hydrogens is 279 g/mol. The van der Waals surface area contributed by atoms with Crippen LogP contribution in [0.3, 0.4) is 0 Å². The van der Waals surface area contributed by atoms with Gasteiger partial charge in [0.05, 0.1) is 10.5 Å². The number of nitrogens with one attached hydrogen (secondary N) is 1. The van der Waals surface area contributed by atoms with Gasteiger partial charge < -0.3 is 10.1 Å². The summed E-state index contributed by atoms with van der Waals surface area (Å²) in [5.41, 5.74) is -1.06. The van der Waals surface area contributed by atoms with Crippen LogP contribution in [0.4, 0.5) is 14.9 Å². The fourth-order valence-corrected chi connectivity index (χ4v) is 1.50. The summed E-state index contributed by atoms with van der Waals surface area (Å²) < 4.78 is 18.4. The largest absolute Gasteiger partial charge is 0.444 e. The van der Waals surface area contributed by atoms with E-state index in [1.807, 2.05) is 0 Å². The van der Waals surface area contributed by atoms with E-state index in [4.69, 9.17) is 4.74 Å². The smallest absolute Gasteiger partial charge is 0.407 e. The third kappa shape index (κ3) is 5.60. The van der Waals surface area contributed by atoms with Gasteiger partial charge >= 0.3 is 11.8 Å². The number of carbonyl (C=O) groups excluding carboxylic acids is 1. The van der Waals surface area contributed by atoms with Crippen molar-refractivity contribution in [3.05, 3.63) is 45.8 Å². The second kappa shape index (κ2) is 6.83. The predicted octanol–water partition coefficient (Wildman–Crippen LogP) is 3.27. The van der Waals surface area contributed by atoms with E-state index in [1.54, 1.807) is 20.8 Å². The Labute approximate surface area is 121 Å². The monoisotopic (exact) mass is 296 g/mol. The molecule has 0 bridgehead atoms. The molecule has 6 nitrogen and oxygen atoms in total. The molecule has 1 amide bonds. The lowest BCUT2D eigenvalue weighted by molar-refractivity contribution is -0.387.